The predicted molar refractivity (Wildman–Crippen MR) is 114 cm³/mol. The molecule has 0 aliphatic carbocycles. The molecule has 1 saturated heterocycles. The van der Waals surface area contributed by atoms with Gasteiger partial charge in [0.25, 0.3) is 0 Å². The Bertz CT molecular complexity index is 986. The fourth-order valence-corrected chi connectivity index (χ4v) is 4.23. The highest BCUT2D eigenvalue weighted by molar-refractivity contribution is 5.46. The Kier molecular flexibility index (Phi) is 6.28. The highest BCUT2D eigenvalue weighted by Gasteiger charge is 2.34. The Morgan fingerprint density at radius 3 is 2.39 bits per heavy atom. The molecular weight excluding hydrogens is 404 g/mol. The summed E-state index contributed by atoms with van der Waals surface area (Å²) in [6, 6.07) is 21.3. The fourth-order valence-electron chi connectivity index (χ4n) is 4.23. The third-order valence-corrected chi connectivity index (χ3v) is 5.77. The molecule has 1 N–H and O–H groups in total. The van der Waals surface area contributed by atoms with E-state index in [1.807, 2.05) is 18.2 Å². The highest BCUT2D eigenvalue weighted by Crippen LogP contribution is 2.37. The van der Waals surface area contributed by atoms with E-state index in [2.05, 4.69) is 22.3 Å². The minimum atomic E-state index is -4.40. The van der Waals surface area contributed by atoms with Crippen molar-refractivity contribution in [3.8, 4) is 0 Å². The number of anilines is 1. The summed E-state index contributed by atoms with van der Waals surface area (Å²) >= 11 is 0. The van der Waals surface area contributed by atoms with Crippen LogP contribution in [0.25, 0.3) is 0 Å². The van der Waals surface area contributed by atoms with Gasteiger partial charge in [0, 0.05) is 18.8 Å². The normalized spacial score (nSPS) is 18.1. The molecule has 162 valence electrons. The number of nitrogens with one attached hydrogen (secondary N) is 1. The number of nitrogens with zero attached hydrogens (tertiary/aromatic N) is 1. The van der Waals surface area contributed by atoms with E-state index in [1.165, 1.54) is 29.8 Å². The molecule has 0 radical (unpaired) electrons. The molecule has 1 heterocycles. The zero-order valence-electron chi connectivity index (χ0n) is 16.9. The van der Waals surface area contributed by atoms with Gasteiger partial charge >= 0.3 is 6.18 Å². The van der Waals surface area contributed by atoms with E-state index >= 15 is 0 Å². The average molecular weight is 428 g/mol. The molecular formula is C25H24F4N2. The number of rotatable bonds is 6. The highest BCUT2D eigenvalue weighted by atomic mass is 19.4. The Morgan fingerprint density at radius 2 is 1.68 bits per heavy atom. The predicted octanol–water partition coefficient (Wildman–Crippen LogP) is 6.52. The van der Waals surface area contributed by atoms with Gasteiger partial charge in [-0.1, -0.05) is 42.5 Å². The number of alkyl halides is 3. The lowest BCUT2D eigenvalue weighted by Gasteiger charge is -2.27. The standard InChI is InChI=1S/C25H24F4N2/c26-22-9-11-23(12-10-22)30-24(19-7-4-8-21(15-19)25(27,28)29)20-13-14-31(17-20)16-18-5-2-1-3-6-18/h1-12,15,20,24,30H,13-14,16-17H2. The summed E-state index contributed by atoms with van der Waals surface area (Å²) in [5, 5.41) is 3.37. The van der Waals surface area contributed by atoms with Gasteiger partial charge in [-0.3, -0.25) is 4.90 Å². The van der Waals surface area contributed by atoms with E-state index in [0.717, 1.165) is 32.1 Å². The van der Waals surface area contributed by atoms with Crippen LogP contribution in [0.5, 0.6) is 0 Å². The molecule has 2 nitrogen and oxygen atoms in total. The van der Waals surface area contributed by atoms with E-state index in [4.69, 9.17) is 0 Å². The maximum atomic E-state index is 13.3. The lowest BCUT2D eigenvalue weighted by Crippen LogP contribution is -2.26. The van der Waals surface area contributed by atoms with Crippen LogP contribution in [0.1, 0.15) is 29.2 Å². The second-order valence-corrected chi connectivity index (χ2v) is 8.02. The lowest BCUT2D eigenvalue weighted by atomic mass is 9.91. The van der Waals surface area contributed by atoms with Crippen LogP contribution >= 0.6 is 0 Å². The van der Waals surface area contributed by atoms with Crippen LogP contribution in [0.4, 0.5) is 23.2 Å². The number of benzene rings is 3. The first-order valence-electron chi connectivity index (χ1n) is 10.3. The van der Waals surface area contributed by atoms with E-state index in [9.17, 15) is 17.6 Å². The first-order valence-corrected chi connectivity index (χ1v) is 10.3. The minimum absolute atomic E-state index is 0.122. The van der Waals surface area contributed by atoms with Gasteiger partial charge in [0.2, 0.25) is 0 Å². The Hall–Kier alpha value is -2.86. The Labute approximate surface area is 179 Å². The molecule has 4 rings (SSSR count). The molecule has 2 atom stereocenters. The van der Waals surface area contributed by atoms with Crippen LogP contribution in [0.3, 0.4) is 0 Å². The van der Waals surface area contributed by atoms with Crippen LogP contribution in [0.2, 0.25) is 0 Å². The second-order valence-electron chi connectivity index (χ2n) is 8.02. The summed E-state index contributed by atoms with van der Waals surface area (Å²) < 4.78 is 53.3. The van der Waals surface area contributed by atoms with Crippen molar-refractivity contribution in [1.82, 2.24) is 4.90 Å². The summed E-state index contributed by atoms with van der Waals surface area (Å²) in [7, 11) is 0. The van der Waals surface area contributed by atoms with Gasteiger partial charge in [-0.2, -0.15) is 13.2 Å². The maximum Gasteiger partial charge on any atom is 0.416 e. The third kappa shape index (κ3) is 5.44. The zero-order valence-corrected chi connectivity index (χ0v) is 16.9. The van der Waals surface area contributed by atoms with E-state index in [1.54, 1.807) is 18.2 Å². The van der Waals surface area contributed by atoms with Crippen molar-refractivity contribution in [3.05, 3.63) is 101 Å². The molecule has 6 heteroatoms. The molecule has 31 heavy (non-hydrogen) atoms. The molecule has 2 unspecified atom stereocenters. The Balaban J connectivity index is 1.57. The van der Waals surface area contributed by atoms with E-state index in [0.29, 0.717) is 11.3 Å². The molecule has 1 aliphatic heterocycles. The molecule has 0 aromatic heterocycles. The Morgan fingerprint density at radius 1 is 0.935 bits per heavy atom. The maximum absolute atomic E-state index is 13.3. The van der Waals surface area contributed by atoms with Gasteiger partial charge in [0.05, 0.1) is 11.6 Å². The largest absolute Gasteiger partial charge is 0.416 e. The SMILES string of the molecule is Fc1ccc(NC(c2cccc(C(F)(F)F)c2)C2CCN(Cc3ccccc3)C2)cc1. The van der Waals surface area contributed by atoms with Crippen molar-refractivity contribution in [3.63, 3.8) is 0 Å². The molecule has 0 bridgehead atoms. The van der Waals surface area contributed by atoms with Crippen molar-refractivity contribution in [1.29, 1.82) is 0 Å². The van der Waals surface area contributed by atoms with Crippen LogP contribution in [0, 0.1) is 11.7 Å². The summed E-state index contributed by atoms with van der Waals surface area (Å²) in [6.07, 6.45) is -3.53. The number of likely N-dealkylation sites (tertiary alicyclic amines) is 1. The molecule has 0 amide bonds. The summed E-state index contributed by atoms with van der Waals surface area (Å²) in [5.74, 6) is -0.228. The molecule has 3 aromatic rings. The van der Waals surface area contributed by atoms with Gasteiger partial charge in [-0.25, -0.2) is 4.39 Å². The summed E-state index contributed by atoms with van der Waals surface area (Å²) in [4.78, 5) is 2.33. The van der Waals surface area contributed by atoms with Crippen molar-refractivity contribution in [2.45, 2.75) is 25.2 Å². The van der Waals surface area contributed by atoms with Gasteiger partial charge in [0.15, 0.2) is 0 Å². The average Bonchev–Trinajstić information content (AvgIpc) is 3.21. The van der Waals surface area contributed by atoms with Gasteiger partial charge < -0.3 is 5.32 Å². The van der Waals surface area contributed by atoms with Gasteiger partial charge in [-0.15, -0.1) is 0 Å². The smallest absolute Gasteiger partial charge is 0.378 e. The molecule has 1 fully saturated rings. The van der Waals surface area contributed by atoms with Crippen molar-refractivity contribution in [2.75, 3.05) is 18.4 Å². The van der Waals surface area contributed by atoms with Gasteiger partial charge in [0.1, 0.15) is 5.82 Å². The van der Waals surface area contributed by atoms with Crippen LogP contribution in [-0.4, -0.2) is 18.0 Å². The quantitative estimate of drug-likeness (QED) is 0.450. The first-order chi connectivity index (χ1) is 14.9. The van der Waals surface area contributed by atoms with Crippen molar-refractivity contribution in [2.24, 2.45) is 5.92 Å². The zero-order chi connectivity index (χ0) is 21.8. The first kappa shape index (κ1) is 21.4. The van der Waals surface area contributed by atoms with Crippen LogP contribution < -0.4 is 5.32 Å². The number of hydrogen-bond acceptors (Lipinski definition) is 2. The van der Waals surface area contributed by atoms with Crippen LogP contribution in [-0.2, 0) is 12.7 Å². The number of hydrogen-bond donors (Lipinski definition) is 1. The molecule has 0 saturated carbocycles. The van der Waals surface area contributed by atoms with E-state index in [-0.39, 0.29) is 17.8 Å². The number of halogens is 4. The molecule has 0 spiro atoms. The van der Waals surface area contributed by atoms with Crippen molar-refractivity contribution < 1.29 is 17.6 Å². The summed E-state index contributed by atoms with van der Waals surface area (Å²) in [6.45, 7) is 2.45. The van der Waals surface area contributed by atoms with Gasteiger partial charge in [-0.05, 0) is 66.4 Å². The second kappa shape index (κ2) is 9.10. The minimum Gasteiger partial charge on any atom is -0.378 e. The third-order valence-electron chi connectivity index (χ3n) is 5.77. The lowest BCUT2D eigenvalue weighted by molar-refractivity contribution is -0.137. The fraction of sp³-hybridized carbons (Fsp3) is 0.280. The topological polar surface area (TPSA) is 15.3 Å². The van der Waals surface area contributed by atoms with E-state index < -0.39 is 11.7 Å². The molecule has 1 aliphatic rings. The van der Waals surface area contributed by atoms with Crippen molar-refractivity contribution >= 4 is 5.69 Å². The monoisotopic (exact) mass is 428 g/mol. The molecule has 3 aromatic carbocycles. The van der Waals surface area contributed by atoms with Crippen LogP contribution in [0.15, 0.2) is 78.9 Å². The summed E-state index contributed by atoms with van der Waals surface area (Å²) in [5.41, 5.74) is 1.83.